The quantitative estimate of drug-likeness (QED) is 0.559. The van der Waals surface area contributed by atoms with Crippen LogP contribution in [0.3, 0.4) is 0 Å². The van der Waals surface area contributed by atoms with Crippen LogP contribution in [0.25, 0.3) is 17.3 Å². The summed E-state index contributed by atoms with van der Waals surface area (Å²) < 4.78 is 7.71. The molecule has 158 valence electrons. The van der Waals surface area contributed by atoms with E-state index in [0.29, 0.717) is 28.7 Å². The highest BCUT2D eigenvalue weighted by Crippen LogP contribution is 2.33. The number of aromatic nitrogens is 3. The van der Waals surface area contributed by atoms with Gasteiger partial charge in [-0.25, -0.2) is 9.97 Å². The van der Waals surface area contributed by atoms with Gasteiger partial charge >= 0.3 is 0 Å². The molecule has 0 radical (unpaired) electrons. The summed E-state index contributed by atoms with van der Waals surface area (Å²) in [4.78, 5) is 26.2. The highest BCUT2D eigenvalue weighted by molar-refractivity contribution is 6.34. The third-order valence-electron chi connectivity index (χ3n) is 5.28. The van der Waals surface area contributed by atoms with Gasteiger partial charge < -0.3 is 9.32 Å². The Morgan fingerprint density at radius 2 is 2.00 bits per heavy atom. The molecule has 2 aromatic heterocycles. The van der Waals surface area contributed by atoms with Crippen molar-refractivity contribution in [1.82, 2.24) is 24.3 Å². The van der Waals surface area contributed by atoms with Crippen LogP contribution in [0.2, 0.25) is 5.02 Å². The summed E-state index contributed by atoms with van der Waals surface area (Å²) in [7, 11) is 1.76. The number of halogens is 1. The van der Waals surface area contributed by atoms with Crippen LogP contribution in [-0.2, 0) is 13.1 Å². The Morgan fingerprint density at radius 3 is 2.73 bits per heavy atom. The predicted octanol–water partition coefficient (Wildman–Crippen LogP) is 4.39. The third kappa shape index (κ3) is 3.75. The van der Waals surface area contributed by atoms with Gasteiger partial charge in [0.1, 0.15) is 18.3 Å². The van der Waals surface area contributed by atoms with Gasteiger partial charge in [0.05, 0.1) is 34.2 Å². The minimum Gasteiger partial charge on any atom is -0.443 e. The summed E-state index contributed by atoms with van der Waals surface area (Å²) in [6.45, 7) is 7.55. The van der Waals surface area contributed by atoms with Crippen molar-refractivity contribution in [1.29, 1.82) is 0 Å². The van der Waals surface area contributed by atoms with Gasteiger partial charge in [0.25, 0.3) is 5.91 Å². The van der Waals surface area contributed by atoms with E-state index in [-0.39, 0.29) is 5.91 Å². The minimum absolute atomic E-state index is 0.117. The van der Waals surface area contributed by atoms with Crippen LogP contribution in [0.15, 0.2) is 35.2 Å². The first-order chi connectivity index (χ1) is 14.5. The summed E-state index contributed by atoms with van der Waals surface area (Å²) in [6, 6.07) is 5.44. The lowest BCUT2D eigenvalue weighted by Crippen LogP contribution is -2.25. The average molecular weight is 428 g/mol. The molecule has 8 heteroatoms. The molecule has 0 saturated heterocycles. The molecule has 3 aromatic rings. The Bertz CT molecular complexity index is 1050. The number of benzene rings is 1. The number of fused-ring (bicyclic) bond motifs is 3. The molecular formula is C22H26ClN5O2. The van der Waals surface area contributed by atoms with Crippen molar-refractivity contribution in [3.8, 4) is 17.3 Å². The lowest BCUT2D eigenvalue weighted by Gasteiger charge is -2.19. The maximum absolute atomic E-state index is 12.9. The normalized spacial score (nSPS) is 13.5. The van der Waals surface area contributed by atoms with E-state index in [1.165, 1.54) is 0 Å². The van der Waals surface area contributed by atoms with Gasteiger partial charge in [-0.15, -0.1) is 0 Å². The summed E-state index contributed by atoms with van der Waals surface area (Å²) in [5, 5.41) is 0.429. The number of oxazole rings is 1. The lowest BCUT2D eigenvalue weighted by atomic mass is 10.1. The van der Waals surface area contributed by atoms with Gasteiger partial charge in [0, 0.05) is 13.6 Å². The van der Waals surface area contributed by atoms with E-state index in [1.54, 1.807) is 30.6 Å². The fourth-order valence-electron chi connectivity index (χ4n) is 3.94. The number of nitrogens with zero attached hydrogens (tertiary/aromatic N) is 5. The Balaban J connectivity index is 1.70. The molecule has 4 rings (SSSR count). The molecule has 0 atom stereocenters. The van der Waals surface area contributed by atoms with Crippen LogP contribution < -0.4 is 0 Å². The monoisotopic (exact) mass is 427 g/mol. The molecule has 30 heavy (non-hydrogen) atoms. The average Bonchev–Trinajstić information content (AvgIpc) is 3.32. The van der Waals surface area contributed by atoms with E-state index in [1.807, 2.05) is 16.7 Å². The topological polar surface area (TPSA) is 67.4 Å². The number of amides is 1. The Kier molecular flexibility index (Phi) is 5.92. The highest BCUT2D eigenvalue weighted by atomic mass is 35.5. The van der Waals surface area contributed by atoms with Crippen LogP contribution in [0.1, 0.15) is 48.4 Å². The summed E-state index contributed by atoms with van der Waals surface area (Å²) in [5.74, 6) is 0.353. The zero-order chi connectivity index (χ0) is 21.3. The first-order valence-corrected chi connectivity index (χ1v) is 10.7. The van der Waals surface area contributed by atoms with Gasteiger partial charge in [-0.2, -0.15) is 0 Å². The number of rotatable bonds is 7. The SMILES string of the molecule is CCCN(CCC)Cc1coc(-c2ncn3c2CN(C)C(=O)c2c(Cl)cccc2-3)n1. The zero-order valence-corrected chi connectivity index (χ0v) is 18.3. The van der Waals surface area contributed by atoms with Gasteiger partial charge in [-0.1, -0.05) is 31.5 Å². The molecule has 0 saturated carbocycles. The maximum Gasteiger partial charge on any atom is 0.257 e. The Hall–Kier alpha value is -2.64. The number of carbonyl (C=O) groups is 1. The molecule has 7 nitrogen and oxygen atoms in total. The number of carbonyl (C=O) groups excluding carboxylic acids is 1. The molecular weight excluding hydrogens is 402 g/mol. The van der Waals surface area contributed by atoms with E-state index < -0.39 is 0 Å². The van der Waals surface area contributed by atoms with Crippen molar-refractivity contribution in [2.24, 2.45) is 0 Å². The fourth-order valence-corrected chi connectivity index (χ4v) is 4.19. The summed E-state index contributed by atoms with van der Waals surface area (Å²) in [5.41, 5.74) is 3.57. The maximum atomic E-state index is 12.9. The standard InChI is InChI=1S/C22H26ClN5O2/c1-4-9-27(10-5-2)11-15-13-30-21(25-15)20-18-12-26(3)22(29)19-16(23)7-6-8-17(19)28(18)14-24-20/h6-8,13-14H,4-5,9-12H2,1-3H3. The second-order valence-corrected chi connectivity index (χ2v) is 8.03. The Morgan fingerprint density at radius 1 is 1.23 bits per heavy atom. The van der Waals surface area contributed by atoms with Crippen LogP contribution >= 0.6 is 11.6 Å². The van der Waals surface area contributed by atoms with Gasteiger partial charge in [-0.3, -0.25) is 14.3 Å². The molecule has 0 N–H and O–H groups in total. The molecule has 1 amide bonds. The van der Waals surface area contributed by atoms with E-state index in [0.717, 1.165) is 49.6 Å². The van der Waals surface area contributed by atoms with Gasteiger partial charge in [0.15, 0.2) is 0 Å². The molecule has 0 bridgehead atoms. The van der Waals surface area contributed by atoms with E-state index in [2.05, 4.69) is 23.7 Å². The van der Waals surface area contributed by atoms with Crippen LogP contribution in [0, 0.1) is 0 Å². The first-order valence-electron chi connectivity index (χ1n) is 10.3. The van der Waals surface area contributed by atoms with E-state index >= 15 is 0 Å². The lowest BCUT2D eigenvalue weighted by molar-refractivity contribution is 0.0788. The van der Waals surface area contributed by atoms with Crippen LogP contribution in [-0.4, -0.2) is 50.4 Å². The first kappa shape index (κ1) is 20.6. The van der Waals surface area contributed by atoms with E-state index in [9.17, 15) is 4.79 Å². The van der Waals surface area contributed by atoms with Gasteiger partial charge in [0.2, 0.25) is 5.89 Å². The molecule has 0 aliphatic carbocycles. The van der Waals surface area contributed by atoms with Crippen molar-refractivity contribution in [3.05, 3.63) is 52.8 Å². The molecule has 1 aliphatic heterocycles. The zero-order valence-electron chi connectivity index (χ0n) is 17.6. The third-order valence-corrected chi connectivity index (χ3v) is 5.60. The molecule has 0 fully saturated rings. The second kappa shape index (κ2) is 8.62. The number of imidazole rings is 1. The van der Waals surface area contributed by atoms with Crippen molar-refractivity contribution >= 4 is 17.5 Å². The summed E-state index contributed by atoms with van der Waals surface area (Å²) >= 11 is 6.35. The number of hydrogen-bond acceptors (Lipinski definition) is 5. The number of hydrogen-bond donors (Lipinski definition) is 0. The fraction of sp³-hybridized carbons (Fsp3) is 0.409. The summed E-state index contributed by atoms with van der Waals surface area (Å²) in [6.07, 6.45) is 5.61. The van der Waals surface area contributed by atoms with E-state index in [4.69, 9.17) is 21.0 Å². The molecule has 0 unspecified atom stereocenters. The smallest absolute Gasteiger partial charge is 0.257 e. The highest BCUT2D eigenvalue weighted by Gasteiger charge is 2.29. The molecule has 1 aliphatic rings. The molecule has 3 heterocycles. The second-order valence-electron chi connectivity index (χ2n) is 7.63. The molecule has 1 aromatic carbocycles. The predicted molar refractivity (Wildman–Crippen MR) is 116 cm³/mol. The van der Waals surface area contributed by atoms with Crippen molar-refractivity contribution in [2.75, 3.05) is 20.1 Å². The van der Waals surface area contributed by atoms with Crippen molar-refractivity contribution in [2.45, 2.75) is 39.8 Å². The van der Waals surface area contributed by atoms with Crippen LogP contribution in [0.4, 0.5) is 0 Å². The van der Waals surface area contributed by atoms with Crippen molar-refractivity contribution < 1.29 is 9.21 Å². The van der Waals surface area contributed by atoms with Gasteiger partial charge in [-0.05, 0) is 38.1 Å². The van der Waals surface area contributed by atoms with Crippen LogP contribution in [0.5, 0.6) is 0 Å². The van der Waals surface area contributed by atoms with Crippen molar-refractivity contribution in [3.63, 3.8) is 0 Å². The Labute approximate surface area is 181 Å². The molecule has 0 spiro atoms. The minimum atomic E-state index is -0.117. The largest absolute Gasteiger partial charge is 0.443 e.